The van der Waals surface area contributed by atoms with Crippen LogP contribution in [-0.2, 0) is 0 Å². The van der Waals surface area contributed by atoms with Gasteiger partial charge >= 0.3 is 5.97 Å². The Labute approximate surface area is 233 Å². The van der Waals surface area contributed by atoms with Gasteiger partial charge < -0.3 is 10.5 Å². The summed E-state index contributed by atoms with van der Waals surface area (Å²) in [5.41, 5.74) is 5.84. The Balaban J connectivity index is 0.000000225. The van der Waals surface area contributed by atoms with Crippen LogP contribution in [0.1, 0.15) is 86.2 Å². The molecule has 9 heteroatoms. The van der Waals surface area contributed by atoms with Crippen molar-refractivity contribution >= 4 is 16.9 Å². The Kier molecular flexibility index (Phi) is 12.0. The van der Waals surface area contributed by atoms with Gasteiger partial charge in [-0.15, -0.1) is 0 Å². The summed E-state index contributed by atoms with van der Waals surface area (Å²) in [5, 5.41) is 9.67. The minimum Gasteiger partial charge on any atom is -0.478 e. The van der Waals surface area contributed by atoms with Crippen molar-refractivity contribution in [3.63, 3.8) is 0 Å². The molecule has 2 aromatic carbocycles. The van der Waals surface area contributed by atoms with Crippen LogP contribution in [-0.4, -0.2) is 32.3 Å². The van der Waals surface area contributed by atoms with Crippen molar-refractivity contribution in [2.45, 2.75) is 71.6 Å². The van der Waals surface area contributed by atoms with Gasteiger partial charge in [-0.2, -0.15) is 0 Å². The summed E-state index contributed by atoms with van der Waals surface area (Å²) in [6, 6.07) is 10.6. The predicted octanol–water partition coefficient (Wildman–Crippen LogP) is 8.55. The van der Waals surface area contributed by atoms with Crippen LogP contribution in [0.3, 0.4) is 0 Å². The van der Waals surface area contributed by atoms with E-state index in [0.717, 1.165) is 35.4 Å². The van der Waals surface area contributed by atoms with Crippen molar-refractivity contribution in [2.24, 2.45) is 0 Å². The second kappa shape index (κ2) is 15.6. The molecule has 0 unspecified atom stereocenters. The number of hydrogen-bond donors (Lipinski definition) is 2. The number of carboxylic acids is 1. The maximum atomic E-state index is 13.3. The molecule has 214 valence electrons. The Morgan fingerprint density at radius 3 is 2.30 bits per heavy atom. The van der Waals surface area contributed by atoms with Gasteiger partial charge in [0.25, 0.3) is 6.43 Å². The summed E-state index contributed by atoms with van der Waals surface area (Å²) in [4.78, 5) is 18.3. The van der Waals surface area contributed by atoms with Crippen molar-refractivity contribution in [1.82, 2.24) is 14.6 Å². The van der Waals surface area contributed by atoms with Crippen molar-refractivity contribution in [2.75, 3.05) is 12.0 Å². The molecule has 0 aliphatic rings. The molecule has 0 atom stereocenters. The second-order valence-electron chi connectivity index (χ2n) is 9.75. The van der Waals surface area contributed by atoms with Crippen LogP contribution < -0.4 is 5.43 Å². The minimum atomic E-state index is -2.57. The van der Waals surface area contributed by atoms with E-state index in [9.17, 15) is 18.0 Å². The number of hydrogen-bond acceptors (Lipinski definition) is 4. The molecule has 4 aromatic rings. The number of aryl methyl sites for hydroxylation is 1. The topological polar surface area (TPSA) is 80.0 Å². The molecule has 0 radical (unpaired) electrons. The van der Waals surface area contributed by atoms with Crippen LogP contribution in [0.2, 0.25) is 0 Å². The standard InChI is InChI=1S/C19H29FN2.C12H8F2N2O2/c1-3-4-5-6-7-8-9-10-13-21-22-15-16(2)18-14-17(20)11-12-19(18)22;13-10(14)7-2-1-3-8(4-7)11-15-5-9(6-16-11)12(17)18/h11-12,14-15,21H,3-10,13H2,1-2H3;1-6,10H,(H,17,18). The minimum absolute atomic E-state index is 0.0521. The first-order valence-electron chi connectivity index (χ1n) is 13.7. The first-order valence-corrected chi connectivity index (χ1v) is 13.7. The van der Waals surface area contributed by atoms with Crippen LogP contribution in [0.5, 0.6) is 0 Å². The molecular weight excluding hydrogens is 517 g/mol. The van der Waals surface area contributed by atoms with E-state index in [2.05, 4.69) is 28.5 Å². The smallest absolute Gasteiger partial charge is 0.338 e. The molecule has 0 saturated carbocycles. The lowest BCUT2D eigenvalue weighted by Gasteiger charge is -2.09. The number of nitrogens with zero attached hydrogens (tertiary/aromatic N) is 3. The molecule has 2 aromatic heterocycles. The second-order valence-corrected chi connectivity index (χ2v) is 9.75. The zero-order chi connectivity index (χ0) is 28.9. The maximum Gasteiger partial charge on any atom is 0.338 e. The van der Waals surface area contributed by atoms with E-state index < -0.39 is 12.4 Å². The van der Waals surface area contributed by atoms with Crippen LogP contribution in [0.4, 0.5) is 13.2 Å². The zero-order valence-corrected chi connectivity index (χ0v) is 23.0. The monoisotopic (exact) mass is 554 g/mol. The number of nitrogens with one attached hydrogen (secondary N) is 1. The average Bonchev–Trinajstić information content (AvgIpc) is 3.26. The van der Waals surface area contributed by atoms with Gasteiger partial charge in [0.1, 0.15) is 5.82 Å². The van der Waals surface area contributed by atoms with Gasteiger partial charge in [-0.3, -0.25) is 4.68 Å². The third kappa shape index (κ3) is 9.10. The summed E-state index contributed by atoms with van der Waals surface area (Å²) in [7, 11) is 0. The quantitative estimate of drug-likeness (QED) is 0.162. The van der Waals surface area contributed by atoms with E-state index in [1.807, 2.05) is 17.7 Å². The van der Waals surface area contributed by atoms with E-state index in [0.29, 0.717) is 5.56 Å². The van der Waals surface area contributed by atoms with Gasteiger partial charge in [0.15, 0.2) is 5.82 Å². The lowest BCUT2D eigenvalue weighted by atomic mass is 10.1. The molecule has 0 saturated heterocycles. The largest absolute Gasteiger partial charge is 0.478 e. The molecule has 0 aliphatic carbocycles. The lowest BCUT2D eigenvalue weighted by molar-refractivity contribution is 0.0696. The Hall–Kier alpha value is -3.88. The summed E-state index contributed by atoms with van der Waals surface area (Å²) < 4.78 is 40.4. The molecule has 2 heterocycles. The number of unbranched alkanes of at least 4 members (excludes halogenated alkanes) is 7. The number of aromatic carboxylic acids is 1. The number of carbonyl (C=O) groups is 1. The summed E-state index contributed by atoms with van der Waals surface area (Å²) in [6.45, 7) is 5.25. The maximum absolute atomic E-state index is 13.3. The van der Waals surface area contributed by atoms with Crippen LogP contribution >= 0.6 is 0 Å². The Morgan fingerprint density at radius 2 is 1.65 bits per heavy atom. The van der Waals surface area contributed by atoms with E-state index in [4.69, 9.17) is 5.11 Å². The predicted molar refractivity (Wildman–Crippen MR) is 153 cm³/mol. The molecule has 0 fully saturated rings. The van der Waals surface area contributed by atoms with Crippen LogP contribution in [0.25, 0.3) is 22.3 Å². The van der Waals surface area contributed by atoms with Gasteiger partial charge in [0, 0.05) is 41.6 Å². The lowest BCUT2D eigenvalue weighted by Crippen LogP contribution is -2.14. The SMILES string of the molecule is CCCCCCCCCCNn1cc(C)c2cc(F)ccc21.O=C(O)c1cnc(-c2cccc(C(F)F)c2)nc1. The first kappa shape index (κ1) is 30.7. The molecule has 0 spiro atoms. The van der Waals surface area contributed by atoms with Gasteiger partial charge in [-0.25, -0.2) is 27.9 Å². The molecule has 6 nitrogen and oxygen atoms in total. The third-order valence-electron chi connectivity index (χ3n) is 6.57. The highest BCUT2D eigenvalue weighted by molar-refractivity contribution is 5.87. The highest BCUT2D eigenvalue weighted by Crippen LogP contribution is 2.24. The molecule has 40 heavy (non-hydrogen) atoms. The fraction of sp³-hybridized carbons (Fsp3) is 0.387. The van der Waals surface area contributed by atoms with E-state index in [-0.39, 0.29) is 22.8 Å². The average molecular weight is 555 g/mol. The fourth-order valence-corrected chi connectivity index (χ4v) is 4.36. The number of alkyl halides is 2. The molecule has 0 amide bonds. The highest BCUT2D eigenvalue weighted by Gasteiger charge is 2.10. The summed E-state index contributed by atoms with van der Waals surface area (Å²) >= 11 is 0. The number of fused-ring (bicyclic) bond motifs is 1. The summed E-state index contributed by atoms with van der Waals surface area (Å²) in [5.74, 6) is -1.10. The fourth-order valence-electron chi connectivity index (χ4n) is 4.36. The number of halogens is 3. The Morgan fingerprint density at radius 1 is 0.975 bits per heavy atom. The molecule has 0 bridgehead atoms. The van der Waals surface area contributed by atoms with Crippen LogP contribution in [0, 0.1) is 12.7 Å². The number of rotatable bonds is 13. The normalized spacial score (nSPS) is 10.9. The highest BCUT2D eigenvalue weighted by atomic mass is 19.3. The number of carboxylic acid groups (broad SMARTS) is 1. The Bertz CT molecular complexity index is 1360. The molecular formula is C31H37F3N4O2. The first-order chi connectivity index (χ1) is 19.3. The molecule has 0 aliphatic heterocycles. The van der Waals surface area contributed by atoms with E-state index >= 15 is 0 Å². The summed E-state index contributed by atoms with van der Waals surface area (Å²) in [6.07, 6.45) is 12.4. The van der Waals surface area contributed by atoms with Crippen molar-refractivity contribution in [3.8, 4) is 11.4 Å². The van der Waals surface area contributed by atoms with E-state index in [1.165, 1.54) is 75.6 Å². The number of benzene rings is 2. The molecule has 2 N–H and O–H groups in total. The van der Waals surface area contributed by atoms with Gasteiger partial charge in [-0.05, 0) is 43.2 Å². The van der Waals surface area contributed by atoms with Gasteiger partial charge in [0.2, 0.25) is 0 Å². The van der Waals surface area contributed by atoms with E-state index in [1.54, 1.807) is 12.1 Å². The zero-order valence-electron chi connectivity index (χ0n) is 23.0. The van der Waals surface area contributed by atoms with Gasteiger partial charge in [-0.1, -0.05) is 70.1 Å². The van der Waals surface area contributed by atoms with Crippen molar-refractivity contribution in [3.05, 3.63) is 83.6 Å². The van der Waals surface area contributed by atoms with Crippen LogP contribution in [0.15, 0.2) is 61.1 Å². The third-order valence-corrected chi connectivity index (χ3v) is 6.57. The van der Waals surface area contributed by atoms with Crippen molar-refractivity contribution in [1.29, 1.82) is 0 Å². The number of aromatic nitrogens is 3. The molecule has 4 rings (SSSR count). The van der Waals surface area contributed by atoms with Crippen molar-refractivity contribution < 1.29 is 23.1 Å². The van der Waals surface area contributed by atoms with Gasteiger partial charge in [0.05, 0.1) is 11.1 Å².